The molecule has 0 amide bonds. The predicted octanol–water partition coefficient (Wildman–Crippen LogP) is 2.58. The molecule has 1 aliphatic rings. The normalized spacial score (nSPS) is 25.4. The van der Waals surface area contributed by atoms with E-state index >= 15 is 0 Å². The van der Waals surface area contributed by atoms with Crippen LogP contribution in [0.25, 0.3) is 0 Å². The van der Waals surface area contributed by atoms with E-state index in [1.54, 1.807) is 0 Å². The van der Waals surface area contributed by atoms with Crippen LogP contribution in [0.5, 0.6) is 0 Å². The van der Waals surface area contributed by atoms with Crippen LogP contribution in [0.2, 0.25) is 0 Å². The first-order valence-corrected chi connectivity index (χ1v) is 7.10. The van der Waals surface area contributed by atoms with E-state index in [9.17, 15) is 0 Å². The first kappa shape index (κ1) is 13.0. The van der Waals surface area contributed by atoms with E-state index in [4.69, 9.17) is 5.73 Å². The zero-order valence-corrected chi connectivity index (χ0v) is 11.9. The van der Waals surface area contributed by atoms with Crippen LogP contribution in [0.1, 0.15) is 31.4 Å². The number of nitrogens with zero attached hydrogens (tertiary/aromatic N) is 2. The van der Waals surface area contributed by atoms with Gasteiger partial charge in [-0.3, -0.25) is 9.88 Å². The summed E-state index contributed by atoms with van der Waals surface area (Å²) < 4.78 is 1.05. The van der Waals surface area contributed by atoms with Crippen molar-refractivity contribution in [1.82, 2.24) is 9.88 Å². The van der Waals surface area contributed by atoms with Gasteiger partial charge in [0.1, 0.15) is 0 Å². The fraction of sp³-hybridized carbons (Fsp3) is 0.615. The maximum absolute atomic E-state index is 5.90. The first-order valence-electron chi connectivity index (χ1n) is 6.30. The number of rotatable bonds is 4. The van der Waals surface area contributed by atoms with Crippen molar-refractivity contribution in [3.05, 3.63) is 28.5 Å². The van der Waals surface area contributed by atoms with E-state index in [0.29, 0.717) is 12.0 Å². The lowest BCUT2D eigenvalue weighted by Gasteiger charge is -2.27. The Labute approximate surface area is 112 Å². The molecule has 94 valence electrons. The highest BCUT2D eigenvalue weighted by atomic mass is 79.9. The van der Waals surface area contributed by atoms with Gasteiger partial charge >= 0.3 is 0 Å². The summed E-state index contributed by atoms with van der Waals surface area (Å²) in [7, 11) is 0. The second-order valence-electron chi connectivity index (χ2n) is 4.70. The summed E-state index contributed by atoms with van der Waals surface area (Å²) in [6.45, 7) is 5.30. The molecule has 0 saturated carbocycles. The van der Waals surface area contributed by atoms with Crippen LogP contribution in [0.15, 0.2) is 22.9 Å². The predicted molar refractivity (Wildman–Crippen MR) is 73.7 cm³/mol. The van der Waals surface area contributed by atoms with E-state index in [-0.39, 0.29) is 0 Å². The van der Waals surface area contributed by atoms with Crippen LogP contribution in [-0.2, 0) is 0 Å². The number of nitrogens with two attached hydrogens (primary N) is 1. The Morgan fingerprint density at radius 2 is 2.35 bits per heavy atom. The summed E-state index contributed by atoms with van der Waals surface area (Å²) in [4.78, 5) is 6.82. The lowest BCUT2D eigenvalue weighted by Crippen LogP contribution is -2.29. The maximum Gasteiger partial charge on any atom is 0.0410 e. The van der Waals surface area contributed by atoms with Crippen molar-refractivity contribution in [2.45, 2.75) is 25.8 Å². The Balaban J connectivity index is 2.24. The molecule has 4 heteroatoms. The average molecular weight is 298 g/mol. The van der Waals surface area contributed by atoms with Crippen LogP contribution in [0.4, 0.5) is 0 Å². The standard InChI is InChI=1S/C13H20BrN3/c1-2-4-17-5-3-10(7-15)13(17)11-6-12(14)9-16-8-11/h6,8-10,13H,2-5,7,15H2,1H3. The van der Waals surface area contributed by atoms with Gasteiger partial charge in [0.15, 0.2) is 0 Å². The van der Waals surface area contributed by atoms with Gasteiger partial charge in [0, 0.05) is 22.9 Å². The van der Waals surface area contributed by atoms with Gasteiger partial charge in [-0.15, -0.1) is 0 Å². The van der Waals surface area contributed by atoms with Crippen molar-refractivity contribution in [2.24, 2.45) is 11.7 Å². The van der Waals surface area contributed by atoms with Gasteiger partial charge in [0.2, 0.25) is 0 Å². The third-order valence-corrected chi connectivity index (χ3v) is 3.94. The molecule has 2 unspecified atom stereocenters. The number of likely N-dealkylation sites (tertiary alicyclic amines) is 1. The van der Waals surface area contributed by atoms with Gasteiger partial charge in [-0.2, -0.15) is 0 Å². The Hall–Kier alpha value is -0.450. The number of hydrogen-bond acceptors (Lipinski definition) is 3. The minimum Gasteiger partial charge on any atom is -0.330 e. The van der Waals surface area contributed by atoms with E-state index < -0.39 is 0 Å². The largest absolute Gasteiger partial charge is 0.330 e. The quantitative estimate of drug-likeness (QED) is 0.929. The van der Waals surface area contributed by atoms with Gasteiger partial charge in [0.25, 0.3) is 0 Å². The molecule has 0 aromatic carbocycles. The molecule has 3 nitrogen and oxygen atoms in total. The Kier molecular flexibility index (Phi) is 4.54. The van der Waals surface area contributed by atoms with E-state index in [1.807, 2.05) is 12.4 Å². The molecule has 2 rings (SSSR count). The van der Waals surface area contributed by atoms with E-state index in [1.165, 1.54) is 18.4 Å². The van der Waals surface area contributed by atoms with Crippen molar-refractivity contribution in [2.75, 3.05) is 19.6 Å². The zero-order valence-electron chi connectivity index (χ0n) is 10.3. The molecule has 0 aliphatic carbocycles. The smallest absolute Gasteiger partial charge is 0.0410 e. The summed E-state index contributed by atoms with van der Waals surface area (Å²) >= 11 is 3.50. The fourth-order valence-corrected chi connectivity index (χ4v) is 3.17. The zero-order chi connectivity index (χ0) is 12.3. The topological polar surface area (TPSA) is 42.1 Å². The lowest BCUT2D eigenvalue weighted by atomic mass is 9.95. The van der Waals surface area contributed by atoms with Crippen LogP contribution in [-0.4, -0.2) is 29.5 Å². The van der Waals surface area contributed by atoms with Crippen LogP contribution < -0.4 is 5.73 Å². The highest BCUT2D eigenvalue weighted by molar-refractivity contribution is 9.10. The second kappa shape index (κ2) is 5.94. The van der Waals surface area contributed by atoms with E-state index in [2.05, 4.69) is 38.8 Å². The Morgan fingerprint density at radius 3 is 3.00 bits per heavy atom. The summed E-state index contributed by atoms with van der Waals surface area (Å²) in [5, 5.41) is 0. The van der Waals surface area contributed by atoms with Crippen LogP contribution in [0.3, 0.4) is 0 Å². The fourth-order valence-electron chi connectivity index (χ4n) is 2.78. The second-order valence-corrected chi connectivity index (χ2v) is 5.62. The average Bonchev–Trinajstić information content (AvgIpc) is 2.72. The highest BCUT2D eigenvalue weighted by Gasteiger charge is 2.33. The molecule has 1 aromatic rings. The minimum atomic E-state index is 0.449. The molecule has 2 N–H and O–H groups in total. The molecule has 1 saturated heterocycles. The first-order chi connectivity index (χ1) is 8.26. The van der Waals surface area contributed by atoms with Gasteiger partial charge in [0.05, 0.1) is 0 Å². The van der Waals surface area contributed by atoms with Crippen molar-refractivity contribution < 1.29 is 0 Å². The minimum absolute atomic E-state index is 0.449. The monoisotopic (exact) mass is 297 g/mol. The van der Waals surface area contributed by atoms with Gasteiger partial charge in [-0.1, -0.05) is 6.92 Å². The van der Waals surface area contributed by atoms with Crippen molar-refractivity contribution in [3.63, 3.8) is 0 Å². The van der Waals surface area contributed by atoms with Crippen molar-refractivity contribution >= 4 is 15.9 Å². The van der Waals surface area contributed by atoms with Crippen molar-refractivity contribution in [1.29, 1.82) is 0 Å². The van der Waals surface area contributed by atoms with Gasteiger partial charge < -0.3 is 5.73 Å². The van der Waals surface area contributed by atoms with Gasteiger partial charge in [-0.25, -0.2) is 0 Å². The van der Waals surface area contributed by atoms with Crippen LogP contribution >= 0.6 is 15.9 Å². The molecular weight excluding hydrogens is 278 g/mol. The molecule has 0 bridgehead atoms. The number of hydrogen-bond donors (Lipinski definition) is 1. The molecule has 2 heterocycles. The lowest BCUT2D eigenvalue weighted by molar-refractivity contribution is 0.230. The summed E-state index contributed by atoms with van der Waals surface area (Å²) in [5.41, 5.74) is 7.19. The highest BCUT2D eigenvalue weighted by Crippen LogP contribution is 2.37. The van der Waals surface area contributed by atoms with Gasteiger partial charge in [-0.05, 0) is 66.0 Å². The number of aromatic nitrogens is 1. The van der Waals surface area contributed by atoms with E-state index in [0.717, 1.165) is 24.1 Å². The molecule has 1 fully saturated rings. The molecule has 0 spiro atoms. The number of pyridine rings is 1. The van der Waals surface area contributed by atoms with Crippen molar-refractivity contribution in [3.8, 4) is 0 Å². The molecule has 1 aromatic heterocycles. The SMILES string of the molecule is CCCN1CCC(CN)C1c1cncc(Br)c1. The third-order valence-electron chi connectivity index (χ3n) is 3.51. The summed E-state index contributed by atoms with van der Waals surface area (Å²) in [6, 6.07) is 2.62. The molecule has 0 radical (unpaired) electrons. The Bertz CT molecular complexity index is 369. The molecule has 2 atom stereocenters. The Morgan fingerprint density at radius 1 is 1.53 bits per heavy atom. The number of halogens is 1. The summed E-state index contributed by atoms with van der Waals surface area (Å²) in [6.07, 6.45) is 6.20. The third kappa shape index (κ3) is 2.87. The molecular formula is C13H20BrN3. The maximum atomic E-state index is 5.90. The molecule has 17 heavy (non-hydrogen) atoms. The molecule has 1 aliphatic heterocycles. The van der Waals surface area contributed by atoms with Crippen LogP contribution in [0, 0.1) is 5.92 Å². The summed E-state index contributed by atoms with van der Waals surface area (Å²) in [5.74, 6) is 0.567.